The van der Waals surface area contributed by atoms with E-state index in [1.165, 1.54) is 0 Å². The van der Waals surface area contributed by atoms with Crippen molar-refractivity contribution >= 4 is 33.8 Å². The number of amides is 1. The van der Waals surface area contributed by atoms with Crippen LogP contribution in [0.1, 0.15) is 54.3 Å². The number of anilines is 1. The Morgan fingerprint density at radius 3 is 2.40 bits per heavy atom. The SMILES string of the molecule is CCOCc1nc2c(N)nc3ccccc3c2n1N(C(=O)OC(C)(C)C)C(C)(C)C. The first-order chi connectivity index (χ1) is 13.9. The zero-order chi connectivity index (χ0) is 22.3. The molecule has 3 rings (SSSR count). The van der Waals surface area contributed by atoms with Gasteiger partial charge in [0.15, 0.2) is 11.6 Å². The smallest absolute Gasteiger partial charge is 0.430 e. The number of nitrogen functional groups attached to an aromatic ring is 1. The van der Waals surface area contributed by atoms with Crippen LogP contribution in [0.25, 0.3) is 21.9 Å². The van der Waals surface area contributed by atoms with Crippen molar-refractivity contribution in [1.29, 1.82) is 0 Å². The van der Waals surface area contributed by atoms with Crippen LogP contribution in [-0.2, 0) is 16.1 Å². The lowest BCUT2D eigenvalue weighted by Gasteiger charge is -2.38. The lowest BCUT2D eigenvalue weighted by atomic mass is 10.1. The van der Waals surface area contributed by atoms with E-state index in [0.29, 0.717) is 29.3 Å². The highest BCUT2D eigenvalue weighted by Gasteiger charge is 2.36. The Morgan fingerprint density at radius 1 is 1.13 bits per heavy atom. The molecule has 0 aliphatic carbocycles. The average molecular weight is 414 g/mol. The Labute approximate surface area is 176 Å². The highest BCUT2D eigenvalue weighted by atomic mass is 16.6. The zero-order valence-electron chi connectivity index (χ0n) is 18.8. The number of ether oxygens (including phenoxy) is 2. The van der Waals surface area contributed by atoms with Gasteiger partial charge in [0, 0.05) is 12.0 Å². The van der Waals surface area contributed by atoms with E-state index in [-0.39, 0.29) is 6.61 Å². The molecular weight excluding hydrogens is 382 g/mol. The molecule has 0 radical (unpaired) electrons. The van der Waals surface area contributed by atoms with Crippen molar-refractivity contribution in [3.63, 3.8) is 0 Å². The summed E-state index contributed by atoms with van der Waals surface area (Å²) in [5, 5.41) is 2.42. The molecule has 0 unspecified atom stereocenters. The van der Waals surface area contributed by atoms with E-state index in [9.17, 15) is 4.79 Å². The first-order valence-corrected chi connectivity index (χ1v) is 10.1. The number of fused-ring (bicyclic) bond motifs is 3. The molecule has 2 N–H and O–H groups in total. The van der Waals surface area contributed by atoms with Gasteiger partial charge in [-0.2, -0.15) is 0 Å². The fourth-order valence-electron chi connectivity index (χ4n) is 3.30. The summed E-state index contributed by atoms with van der Waals surface area (Å²) in [5.41, 5.74) is 6.95. The summed E-state index contributed by atoms with van der Waals surface area (Å²) >= 11 is 0. The summed E-state index contributed by atoms with van der Waals surface area (Å²) in [6.45, 7) is 14.0. The predicted octanol–water partition coefficient (Wildman–Crippen LogP) is 4.37. The molecule has 2 heterocycles. The van der Waals surface area contributed by atoms with Crippen LogP contribution in [0, 0.1) is 0 Å². The van der Waals surface area contributed by atoms with Crippen LogP contribution in [0.15, 0.2) is 24.3 Å². The second-order valence-electron chi connectivity index (χ2n) is 9.15. The zero-order valence-corrected chi connectivity index (χ0v) is 18.8. The van der Waals surface area contributed by atoms with Gasteiger partial charge in [-0.05, 0) is 54.5 Å². The average Bonchev–Trinajstić information content (AvgIpc) is 2.97. The Balaban J connectivity index is 2.38. The number of imidazole rings is 1. The second kappa shape index (κ2) is 7.75. The van der Waals surface area contributed by atoms with Crippen molar-refractivity contribution in [2.24, 2.45) is 0 Å². The number of nitrogens with zero attached hydrogens (tertiary/aromatic N) is 4. The largest absolute Gasteiger partial charge is 0.442 e. The van der Waals surface area contributed by atoms with Gasteiger partial charge in [-0.1, -0.05) is 18.2 Å². The third-order valence-electron chi connectivity index (χ3n) is 4.40. The molecule has 8 nitrogen and oxygen atoms in total. The van der Waals surface area contributed by atoms with E-state index < -0.39 is 17.2 Å². The molecule has 0 spiro atoms. The predicted molar refractivity (Wildman–Crippen MR) is 119 cm³/mol. The van der Waals surface area contributed by atoms with Crippen molar-refractivity contribution in [1.82, 2.24) is 14.6 Å². The minimum Gasteiger partial charge on any atom is -0.442 e. The number of nitrogens with two attached hydrogens (primary N) is 1. The van der Waals surface area contributed by atoms with E-state index in [1.807, 2.05) is 72.7 Å². The Morgan fingerprint density at radius 2 is 1.80 bits per heavy atom. The molecule has 0 aliphatic rings. The molecule has 0 bridgehead atoms. The van der Waals surface area contributed by atoms with Crippen molar-refractivity contribution in [3.05, 3.63) is 30.1 Å². The number of para-hydroxylation sites is 1. The lowest BCUT2D eigenvalue weighted by molar-refractivity contribution is 0.0488. The van der Waals surface area contributed by atoms with E-state index >= 15 is 0 Å². The molecule has 1 amide bonds. The number of hydrogen-bond donors (Lipinski definition) is 1. The number of aromatic nitrogens is 3. The lowest BCUT2D eigenvalue weighted by Crippen LogP contribution is -2.55. The number of rotatable bonds is 4. The first kappa shape index (κ1) is 21.8. The Bertz CT molecular complexity index is 1080. The fraction of sp³-hybridized carbons (Fsp3) is 0.500. The molecule has 0 saturated carbocycles. The van der Waals surface area contributed by atoms with E-state index in [1.54, 1.807) is 9.69 Å². The normalized spacial score (nSPS) is 12.5. The van der Waals surface area contributed by atoms with Crippen LogP contribution < -0.4 is 10.7 Å². The molecule has 2 aromatic heterocycles. The minimum atomic E-state index is -0.653. The Hall–Kier alpha value is -2.87. The summed E-state index contributed by atoms with van der Waals surface area (Å²) in [7, 11) is 0. The number of hydrogen-bond acceptors (Lipinski definition) is 6. The topological polar surface area (TPSA) is 95.5 Å². The van der Waals surface area contributed by atoms with E-state index in [2.05, 4.69) is 4.98 Å². The first-order valence-electron chi connectivity index (χ1n) is 10.1. The van der Waals surface area contributed by atoms with E-state index in [4.69, 9.17) is 20.2 Å². The van der Waals surface area contributed by atoms with Crippen LogP contribution in [0.2, 0.25) is 0 Å². The quantitative estimate of drug-likeness (QED) is 0.682. The highest BCUT2D eigenvalue weighted by molar-refractivity contribution is 6.07. The molecule has 30 heavy (non-hydrogen) atoms. The van der Waals surface area contributed by atoms with Crippen LogP contribution in [0.3, 0.4) is 0 Å². The highest BCUT2D eigenvalue weighted by Crippen LogP contribution is 2.31. The van der Waals surface area contributed by atoms with Crippen molar-refractivity contribution in [3.8, 4) is 0 Å². The third-order valence-corrected chi connectivity index (χ3v) is 4.40. The van der Waals surface area contributed by atoms with Gasteiger partial charge in [-0.15, -0.1) is 0 Å². The van der Waals surface area contributed by atoms with Crippen LogP contribution in [0.5, 0.6) is 0 Å². The number of benzene rings is 1. The number of pyridine rings is 1. The van der Waals surface area contributed by atoms with Gasteiger partial charge in [0.2, 0.25) is 0 Å². The Kier molecular flexibility index (Phi) is 5.64. The monoisotopic (exact) mass is 413 g/mol. The molecular formula is C22H31N5O3. The minimum absolute atomic E-state index is 0.217. The van der Waals surface area contributed by atoms with Gasteiger partial charge >= 0.3 is 6.09 Å². The summed E-state index contributed by atoms with van der Waals surface area (Å²) in [6.07, 6.45) is -0.480. The van der Waals surface area contributed by atoms with Crippen LogP contribution in [-0.4, -0.2) is 38.5 Å². The van der Waals surface area contributed by atoms with Crippen LogP contribution in [0.4, 0.5) is 10.6 Å². The van der Waals surface area contributed by atoms with Gasteiger partial charge in [0.1, 0.15) is 23.2 Å². The molecule has 0 aliphatic heterocycles. The number of carbonyl (C=O) groups excluding carboxylic acids is 1. The summed E-state index contributed by atoms with van der Waals surface area (Å²) < 4.78 is 13.2. The molecule has 0 fully saturated rings. The van der Waals surface area contributed by atoms with Gasteiger partial charge < -0.3 is 15.2 Å². The number of carbonyl (C=O) groups is 1. The van der Waals surface area contributed by atoms with Gasteiger partial charge in [-0.3, -0.25) is 0 Å². The van der Waals surface area contributed by atoms with Crippen molar-refractivity contribution < 1.29 is 14.3 Å². The second-order valence-corrected chi connectivity index (χ2v) is 9.15. The molecule has 0 saturated heterocycles. The molecule has 1 aromatic carbocycles. The van der Waals surface area contributed by atoms with Crippen LogP contribution >= 0.6 is 0 Å². The van der Waals surface area contributed by atoms with Crippen molar-refractivity contribution in [2.45, 2.75) is 66.2 Å². The fourth-order valence-corrected chi connectivity index (χ4v) is 3.30. The maximum absolute atomic E-state index is 13.4. The molecule has 3 aromatic rings. The summed E-state index contributed by atoms with van der Waals surface area (Å²) in [6, 6.07) is 7.66. The van der Waals surface area contributed by atoms with Gasteiger partial charge in [0.25, 0.3) is 0 Å². The van der Waals surface area contributed by atoms with E-state index in [0.717, 1.165) is 10.9 Å². The molecule has 0 atom stereocenters. The molecule has 8 heteroatoms. The summed E-state index contributed by atoms with van der Waals surface area (Å²) in [5.74, 6) is 0.857. The van der Waals surface area contributed by atoms with Crippen molar-refractivity contribution in [2.75, 3.05) is 17.3 Å². The molecule has 162 valence electrons. The third kappa shape index (κ3) is 4.18. The maximum atomic E-state index is 13.4. The maximum Gasteiger partial charge on any atom is 0.430 e. The van der Waals surface area contributed by atoms with Gasteiger partial charge in [-0.25, -0.2) is 24.4 Å². The standard InChI is InChI=1S/C22H31N5O3/c1-8-29-13-16-25-17-18(14-11-9-10-12-15(14)24-19(17)23)26(16)27(21(2,3)4)20(28)30-22(5,6)7/h9-12H,8,13H2,1-7H3,(H2,23,24). The summed E-state index contributed by atoms with van der Waals surface area (Å²) in [4.78, 5) is 22.6. The van der Waals surface area contributed by atoms with Gasteiger partial charge in [0.05, 0.1) is 11.1 Å².